The summed E-state index contributed by atoms with van der Waals surface area (Å²) >= 11 is 6.04. The van der Waals surface area contributed by atoms with Gasteiger partial charge in [-0.05, 0) is 37.6 Å². The molecule has 1 saturated heterocycles. The Balaban J connectivity index is 2.06. The molecular weight excluding hydrogens is 278 g/mol. The van der Waals surface area contributed by atoms with Gasteiger partial charge in [-0.3, -0.25) is 9.69 Å². The first kappa shape index (κ1) is 15.1. The maximum atomic E-state index is 11.6. The summed E-state index contributed by atoms with van der Waals surface area (Å²) in [6.45, 7) is 2.43. The highest BCUT2D eigenvalue weighted by Gasteiger charge is 2.26. The van der Waals surface area contributed by atoms with E-state index in [0.29, 0.717) is 5.02 Å². The van der Waals surface area contributed by atoms with Crippen LogP contribution in [0.4, 0.5) is 0 Å². The normalized spacial score (nSPS) is 19.6. The second-order valence-electron chi connectivity index (χ2n) is 5.05. The average molecular weight is 298 g/mol. The Bertz CT molecular complexity index is 478. The number of rotatable bonds is 4. The van der Waals surface area contributed by atoms with Crippen molar-refractivity contribution in [2.24, 2.45) is 5.92 Å². The van der Waals surface area contributed by atoms with Gasteiger partial charge in [0.15, 0.2) is 0 Å². The lowest BCUT2D eigenvalue weighted by molar-refractivity contribution is -0.147. The van der Waals surface area contributed by atoms with Crippen LogP contribution < -0.4 is 4.74 Å². The van der Waals surface area contributed by atoms with Crippen molar-refractivity contribution in [2.45, 2.75) is 19.4 Å². The largest absolute Gasteiger partial charge is 0.496 e. The SMILES string of the molecule is COC(=O)C1CCCN(Cc2cc(Cl)ccc2OC)C1. The van der Waals surface area contributed by atoms with E-state index in [1.165, 1.54) is 7.11 Å². The highest BCUT2D eigenvalue weighted by Crippen LogP contribution is 2.26. The zero-order chi connectivity index (χ0) is 14.5. The Labute approximate surface area is 124 Å². The van der Waals surface area contributed by atoms with Crippen LogP contribution in [0.2, 0.25) is 5.02 Å². The first-order valence-corrected chi connectivity index (χ1v) is 7.14. The number of esters is 1. The van der Waals surface area contributed by atoms with Crippen molar-refractivity contribution in [3.05, 3.63) is 28.8 Å². The van der Waals surface area contributed by atoms with E-state index < -0.39 is 0 Å². The molecule has 0 amide bonds. The lowest BCUT2D eigenvalue weighted by Crippen LogP contribution is -2.38. The maximum absolute atomic E-state index is 11.6. The van der Waals surface area contributed by atoms with Gasteiger partial charge in [-0.15, -0.1) is 0 Å². The zero-order valence-corrected chi connectivity index (χ0v) is 12.7. The number of carbonyl (C=O) groups excluding carboxylic acids is 1. The number of likely N-dealkylation sites (tertiary alicyclic amines) is 1. The minimum absolute atomic E-state index is 0.0288. The Hall–Kier alpha value is -1.26. The Morgan fingerprint density at radius 2 is 2.25 bits per heavy atom. The van der Waals surface area contributed by atoms with Gasteiger partial charge in [0.1, 0.15) is 5.75 Å². The summed E-state index contributed by atoms with van der Waals surface area (Å²) in [5.41, 5.74) is 1.05. The molecular formula is C15H20ClNO3. The monoisotopic (exact) mass is 297 g/mol. The Morgan fingerprint density at radius 1 is 1.45 bits per heavy atom. The number of ether oxygens (including phenoxy) is 2. The third-order valence-corrected chi connectivity index (χ3v) is 3.91. The van der Waals surface area contributed by atoms with Crippen molar-refractivity contribution in [3.8, 4) is 5.75 Å². The van der Waals surface area contributed by atoms with Crippen molar-refractivity contribution >= 4 is 17.6 Å². The van der Waals surface area contributed by atoms with Gasteiger partial charge in [-0.25, -0.2) is 0 Å². The fraction of sp³-hybridized carbons (Fsp3) is 0.533. The molecule has 1 aromatic carbocycles. The highest BCUT2D eigenvalue weighted by atomic mass is 35.5. The molecule has 1 unspecified atom stereocenters. The van der Waals surface area contributed by atoms with Gasteiger partial charge < -0.3 is 9.47 Å². The molecule has 1 aromatic rings. The first-order chi connectivity index (χ1) is 9.63. The van der Waals surface area contributed by atoms with Gasteiger partial charge >= 0.3 is 5.97 Å². The molecule has 0 aromatic heterocycles. The maximum Gasteiger partial charge on any atom is 0.309 e. The molecule has 0 spiro atoms. The predicted octanol–water partition coefficient (Wildman–Crippen LogP) is 2.73. The molecule has 1 heterocycles. The fourth-order valence-electron chi connectivity index (χ4n) is 2.67. The van der Waals surface area contributed by atoms with Gasteiger partial charge in [0.05, 0.1) is 20.1 Å². The molecule has 0 saturated carbocycles. The van der Waals surface area contributed by atoms with Crippen molar-refractivity contribution in [1.82, 2.24) is 4.90 Å². The summed E-state index contributed by atoms with van der Waals surface area (Å²) in [4.78, 5) is 13.9. The highest BCUT2D eigenvalue weighted by molar-refractivity contribution is 6.30. The van der Waals surface area contributed by atoms with E-state index in [2.05, 4.69) is 4.90 Å². The molecule has 4 nitrogen and oxygen atoms in total. The van der Waals surface area contributed by atoms with Gasteiger partial charge in [-0.1, -0.05) is 11.6 Å². The standard InChI is InChI=1S/C15H20ClNO3/c1-19-14-6-5-13(16)8-12(14)10-17-7-3-4-11(9-17)15(18)20-2/h5-6,8,11H,3-4,7,9-10H2,1-2H3. The number of nitrogens with zero attached hydrogens (tertiary/aromatic N) is 1. The van der Waals surface area contributed by atoms with Gasteiger partial charge in [0, 0.05) is 23.7 Å². The molecule has 1 aliphatic rings. The summed E-state index contributed by atoms with van der Waals surface area (Å²) in [6.07, 6.45) is 1.90. The third kappa shape index (κ3) is 3.64. The van der Waals surface area contributed by atoms with Crippen LogP contribution in [0.25, 0.3) is 0 Å². The van der Waals surface area contributed by atoms with E-state index >= 15 is 0 Å². The molecule has 5 heteroatoms. The number of hydrogen-bond acceptors (Lipinski definition) is 4. The number of piperidine rings is 1. The lowest BCUT2D eigenvalue weighted by atomic mass is 9.97. The van der Waals surface area contributed by atoms with Gasteiger partial charge in [-0.2, -0.15) is 0 Å². The second kappa shape index (κ2) is 6.95. The molecule has 1 aliphatic heterocycles. The number of benzene rings is 1. The zero-order valence-electron chi connectivity index (χ0n) is 11.9. The van der Waals surface area contributed by atoms with Crippen LogP contribution in [0.5, 0.6) is 5.75 Å². The van der Waals surface area contributed by atoms with E-state index in [1.807, 2.05) is 18.2 Å². The summed E-state index contributed by atoms with van der Waals surface area (Å²) in [6, 6.07) is 5.61. The molecule has 0 bridgehead atoms. The van der Waals surface area contributed by atoms with Gasteiger partial charge in [0.25, 0.3) is 0 Å². The lowest BCUT2D eigenvalue weighted by Gasteiger charge is -2.31. The topological polar surface area (TPSA) is 38.8 Å². The third-order valence-electron chi connectivity index (χ3n) is 3.68. The van der Waals surface area contributed by atoms with Crippen molar-refractivity contribution in [3.63, 3.8) is 0 Å². The average Bonchev–Trinajstić information content (AvgIpc) is 2.47. The number of methoxy groups -OCH3 is 2. The fourth-order valence-corrected chi connectivity index (χ4v) is 2.86. The van der Waals surface area contributed by atoms with Crippen LogP contribution in [0, 0.1) is 5.92 Å². The minimum Gasteiger partial charge on any atom is -0.496 e. The first-order valence-electron chi connectivity index (χ1n) is 6.76. The van der Waals surface area contributed by atoms with Gasteiger partial charge in [0.2, 0.25) is 0 Å². The molecule has 1 atom stereocenters. The van der Waals surface area contributed by atoms with E-state index in [-0.39, 0.29) is 11.9 Å². The molecule has 0 aliphatic carbocycles. The van der Waals surface area contributed by atoms with Crippen LogP contribution in [-0.2, 0) is 16.1 Å². The van der Waals surface area contributed by atoms with Crippen LogP contribution in [0.3, 0.4) is 0 Å². The molecule has 110 valence electrons. The van der Waals surface area contributed by atoms with Crippen molar-refractivity contribution in [1.29, 1.82) is 0 Å². The van der Waals surface area contributed by atoms with Crippen LogP contribution >= 0.6 is 11.6 Å². The quantitative estimate of drug-likeness (QED) is 0.801. The van der Waals surface area contributed by atoms with Crippen LogP contribution in [0.1, 0.15) is 18.4 Å². The predicted molar refractivity (Wildman–Crippen MR) is 78.0 cm³/mol. The number of halogens is 1. The van der Waals surface area contributed by atoms with Crippen LogP contribution in [-0.4, -0.2) is 38.2 Å². The molecule has 20 heavy (non-hydrogen) atoms. The summed E-state index contributed by atoms with van der Waals surface area (Å²) in [7, 11) is 3.10. The smallest absolute Gasteiger partial charge is 0.309 e. The van der Waals surface area contributed by atoms with E-state index in [0.717, 1.165) is 43.8 Å². The van der Waals surface area contributed by atoms with E-state index in [9.17, 15) is 4.79 Å². The summed E-state index contributed by atoms with van der Waals surface area (Å²) in [5, 5.41) is 0.697. The van der Waals surface area contributed by atoms with E-state index in [4.69, 9.17) is 21.1 Å². The molecule has 1 fully saturated rings. The minimum atomic E-state index is -0.118. The summed E-state index contributed by atoms with van der Waals surface area (Å²) in [5.74, 6) is 0.682. The Kier molecular flexibility index (Phi) is 5.26. The summed E-state index contributed by atoms with van der Waals surface area (Å²) < 4.78 is 10.2. The molecule has 0 radical (unpaired) electrons. The Morgan fingerprint density at radius 3 is 2.95 bits per heavy atom. The van der Waals surface area contributed by atoms with E-state index in [1.54, 1.807) is 7.11 Å². The second-order valence-corrected chi connectivity index (χ2v) is 5.49. The van der Waals surface area contributed by atoms with Crippen molar-refractivity contribution < 1.29 is 14.3 Å². The molecule has 2 rings (SSSR count). The number of carbonyl (C=O) groups is 1. The van der Waals surface area contributed by atoms with Crippen LogP contribution in [0.15, 0.2) is 18.2 Å². The molecule has 0 N–H and O–H groups in total. The number of hydrogen-bond donors (Lipinski definition) is 0. The van der Waals surface area contributed by atoms with Crippen molar-refractivity contribution in [2.75, 3.05) is 27.3 Å².